The van der Waals surface area contributed by atoms with E-state index in [0.717, 1.165) is 86.8 Å². The zero-order valence-electron chi connectivity index (χ0n) is 37.3. The Labute approximate surface area is 373 Å². The third-order valence-corrected chi connectivity index (χ3v) is 13.2. The molecule has 1 amide bonds. The summed E-state index contributed by atoms with van der Waals surface area (Å²) in [5.74, 6) is 0.541. The lowest BCUT2D eigenvalue weighted by Gasteiger charge is -2.59. The molecule has 0 bridgehead atoms. The van der Waals surface area contributed by atoms with Crippen LogP contribution in [0.2, 0.25) is 5.02 Å². The fourth-order valence-corrected chi connectivity index (χ4v) is 9.54. The first-order chi connectivity index (χ1) is 30.3. The van der Waals surface area contributed by atoms with E-state index in [0.29, 0.717) is 69.7 Å². The standard InChI is InChI=1S/C50H68ClFN4O6/c1-5-9-29-58-34-43-45(60-31-11-7-3)46(61-32-12-8-4)44(59-30-10-6-2)42(62-43)24-15-35-13-16-36(17-14-35)47-50(48(57)56(47)39-21-19-38(52)20-22-39)25-27-55(28-26-50)49-53-40-23-18-37(51)33-41(40)54-49/h13-14,16-23,33,42-47H,5-12,15,24-32,34H2,1-4H3,(H,53,54). The second kappa shape index (κ2) is 22.4. The lowest BCUT2D eigenvalue weighted by molar-refractivity contribution is -0.266. The van der Waals surface area contributed by atoms with E-state index in [9.17, 15) is 9.18 Å². The average Bonchev–Trinajstić information content (AvgIpc) is 3.71. The summed E-state index contributed by atoms with van der Waals surface area (Å²) in [7, 11) is 0. The lowest BCUT2D eigenvalue weighted by atomic mass is 9.62. The summed E-state index contributed by atoms with van der Waals surface area (Å²) in [4.78, 5) is 26.7. The van der Waals surface area contributed by atoms with E-state index in [2.05, 4.69) is 61.8 Å². The Morgan fingerprint density at radius 3 is 2.05 bits per heavy atom. The molecule has 6 unspecified atom stereocenters. The van der Waals surface area contributed by atoms with Gasteiger partial charge in [0.25, 0.3) is 0 Å². The Bertz CT molecular complexity index is 1990. The van der Waals surface area contributed by atoms with Crippen LogP contribution in [0.3, 0.4) is 0 Å². The first-order valence-electron chi connectivity index (χ1n) is 23.5. The molecule has 0 aliphatic carbocycles. The molecule has 0 radical (unpaired) electrons. The van der Waals surface area contributed by atoms with Crippen LogP contribution in [0.5, 0.6) is 0 Å². The number of rotatable bonds is 23. The second-order valence-electron chi connectivity index (χ2n) is 17.4. The number of piperidine rings is 1. The summed E-state index contributed by atoms with van der Waals surface area (Å²) in [6, 6.07) is 20.5. The van der Waals surface area contributed by atoms with Crippen LogP contribution in [0.15, 0.2) is 66.7 Å². The molecular formula is C50H68ClFN4O6. The number of imidazole rings is 1. The maximum absolute atomic E-state index is 14.4. The van der Waals surface area contributed by atoms with Gasteiger partial charge in [-0.25, -0.2) is 9.37 Å². The molecule has 3 aromatic carbocycles. The van der Waals surface area contributed by atoms with Gasteiger partial charge in [-0.05, 0) is 105 Å². The third kappa shape index (κ3) is 10.7. The highest BCUT2D eigenvalue weighted by atomic mass is 35.5. The highest BCUT2D eigenvalue weighted by Gasteiger charge is 2.62. The molecule has 1 aromatic heterocycles. The number of β-lactam (4-membered cyclic amide) rings is 1. The van der Waals surface area contributed by atoms with Crippen molar-refractivity contribution < 1.29 is 32.9 Å². The Balaban J connectivity index is 1.10. The molecule has 3 aliphatic rings. The number of nitrogens with one attached hydrogen (secondary N) is 1. The molecule has 10 nitrogen and oxygen atoms in total. The molecular weight excluding hydrogens is 807 g/mol. The summed E-state index contributed by atoms with van der Waals surface area (Å²) in [6.07, 6.45) is 9.66. The van der Waals surface area contributed by atoms with Crippen LogP contribution in [0.4, 0.5) is 16.0 Å². The van der Waals surface area contributed by atoms with Crippen LogP contribution in [-0.4, -0.2) is 92.5 Å². The Hall–Kier alpha value is -3.58. The average molecular weight is 876 g/mol. The number of carbonyl (C=O) groups excluding carboxylic acids is 1. The molecule has 338 valence electrons. The Morgan fingerprint density at radius 2 is 1.40 bits per heavy atom. The minimum atomic E-state index is -0.586. The van der Waals surface area contributed by atoms with Crippen LogP contribution in [0.25, 0.3) is 11.0 Å². The Morgan fingerprint density at radius 1 is 0.790 bits per heavy atom. The molecule has 3 saturated heterocycles. The topological polar surface area (TPSA) is 98.4 Å². The van der Waals surface area contributed by atoms with E-state index in [-0.39, 0.29) is 48.3 Å². The molecule has 4 heterocycles. The largest absolute Gasteiger partial charge is 0.379 e. The van der Waals surface area contributed by atoms with Gasteiger partial charge in [-0.3, -0.25) is 4.79 Å². The third-order valence-electron chi connectivity index (χ3n) is 13.0. The summed E-state index contributed by atoms with van der Waals surface area (Å²) < 4.78 is 47.3. The van der Waals surface area contributed by atoms with Crippen LogP contribution in [0, 0.1) is 11.2 Å². The van der Waals surface area contributed by atoms with Crippen molar-refractivity contribution in [3.05, 3.63) is 88.7 Å². The Kier molecular flexibility index (Phi) is 16.7. The SMILES string of the molecule is CCCCOCC1OC(CCc2ccc(C3N(c4ccc(F)cc4)C(=O)C34CCN(c3nc5cc(Cl)ccc5[nH]3)CC4)cc2)C(OCCCC)C(OCCCC)C1OCCCC. The van der Waals surface area contributed by atoms with E-state index in [4.69, 9.17) is 40.3 Å². The van der Waals surface area contributed by atoms with Gasteiger partial charge in [0.2, 0.25) is 11.9 Å². The van der Waals surface area contributed by atoms with Gasteiger partial charge in [0, 0.05) is 50.2 Å². The van der Waals surface area contributed by atoms with Crippen molar-refractivity contribution >= 4 is 40.2 Å². The number of aromatic nitrogens is 2. The molecule has 12 heteroatoms. The second-order valence-corrected chi connectivity index (χ2v) is 17.8. The number of aryl methyl sites for hydroxylation is 1. The number of ether oxygens (including phenoxy) is 5. The number of amides is 1. The molecule has 1 spiro atoms. The van der Waals surface area contributed by atoms with Gasteiger partial charge in [0.1, 0.15) is 30.2 Å². The van der Waals surface area contributed by atoms with Gasteiger partial charge >= 0.3 is 0 Å². The number of H-pyrrole nitrogens is 1. The van der Waals surface area contributed by atoms with Crippen LogP contribution < -0.4 is 9.80 Å². The fraction of sp³-hybridized carbons (Fsp3) is 0.600. The van der Waals surface area contributed by atoms with Gasteiger partial charge in [0.05, 0.1) is 35.2 Å². The number of aromatic amines is 1. The number of hydrogen-bond acceptors (Lipinski definition) is 8. The van der Waals surface area contributed by atoms with Crippen molar-refractivity contribution in [3.8, 4) is 0 Å². The number of carbonyl (C=O) groups is 1. The fourth-order valence-electron chi connectivity index (χ4n) is 9.37. The lowest BCUT2D eigenvalue weighted by Crippen LogP contribution is -2.66. The summed E-state index contributed by atoms with van der Waals surface area (Å²) in [5.41, 5.74) is 4.11. The molecule has 6 atom stereocenters. The van der Waals surface area contributed by atoms with Crippen molar-refractivity contribution in [3.63, 3.8) is 0 Å². The van der Waals surface area contributed by atoms with Gasteiger partial charge in [-0.1, -0.05) is 89.2 Å². The van der Waals surface area contributed by atoms with Crippen molar-refractivity contribution in [2.45, 2.75) is 141 Å². The van der Waals surface area contributed by atoms with E-state index >= 15 is 0 Å². The zero-order valence-corrected chi connectivity index (χ0v) is 38.1. The molecule has 3 aliphatic heterocycles. The minimum Gasteiger partial charge on any atom is -0.379 e. The van der Waals surface area contributed by atoms with E-state index in [1.54, 1.807) is 12.1 Å². The van der Waals surface area contributed by atoms with Gasteiger partial charge in [0.15, 0.2) is 0 Å². The molecule has 62 heavy (non-hydrogen) atoms. The van der Waals surface area contributed by atoms with Crippen LogP contribution in [0.1, 0.15) is 115 Å². The first-order valence-corrected chi connectivity index (χ1v) is 23.8. The monoisotopic (exact) mass is 874 g/mol. The van der Waals surface area contributed by atoms with E-state index < -0.39 is 5.41 Å². The highest BCUT2D eigenvalue weighted by Crippen LogP contribution is 2.57. The number of benzene rings is 3. The predicted octanol–water partition coefficient (Wildman–Crippen LogP) is 10.8. The van der Waals surface area contributed by atoms with Gasteiger partial charge < -0.3 is 38.5 Å². The first kappa shape index (κ1) is 46.4. The number of anilines is 2. The summed E-state index contributed by atoms with van der Waals surface area (Å²) >= 11 is 6.25. The maximum Gasteiger partial charge on any atom is 0.236 e. The van der Waals surface area contributed by atoms with Crippen molar-refractivity contribution in [2.24, 2.45) is 5.41 Å². The van der Waals surface area contributed by atoms with Crippen molar-refractivity contribution in [2.75, 3.05) is 55.9 Å². The van der Waals surface area contributed by atoms with Crippen molar-refractivity contribution in [1.82, 2.24) is 9.97 Å². The smallest absolute Gasteiger partial charge is 0.236 e. The van der Waals surface area contributed by atoms with Gasteiger partial charge in [-0.2, -0.15) is 0 Å². The van der Waals surface area contributed by atoms with Crippen LogP contribution >= 0.6 is 11.6 Å². The number of unbranched alkanes of at least 4 members (excludes halogenated alkanes) is 4. The molecule has 1 N–H and O–H groups in total. The summed E-state index contributed by atoms with van der Waals surface area (Å²) in [6.45, 7) is 13.1. The summed E-state index contributed by atoms with van der Waals surface area (Å²) in [5, 5.41) is 0.644. The normalized spacial score (nSPS) is 23.7. The molecule has 4 aromatic rings. The minimum absolute atomic E-state index is 0.0821. The highest BCUT2D eigenvalue weighted by molar-refractivity contribution is 6.31. The van der Waals surface area contributed by atoms with E-state index in [1.165, 1.54) is 17.7 Å². The quantitative estimate of drug-likeness (QED) is 0.0581. The molecule has 0 saturated carbocycles. The van der Waals surface area contributed by atoms with Crippen LogP contribution in [-0.2, 0) is 34.9 Å². The number of hydrogen-bond donors (Lipinski definition) is 1. The number of halogens is 2. The number of nitrogens with zero attached hydrogens (tertiary/aromatic N) is 3. The predicted molar refractivity (Wildman–Crippen MR) is 245 cm³/mol. The van der Waals surface area contributed by atoms with Crippen molar-refractivity contribution in [1.29, 1.82) is 0 Å². The van der Waals surface area contributed by atoms with Gasteiger partial charge in [-0.15, -0.1) is 0 Å². The van der Waals surface area contributed by atoms with E-state index in [1.807, 2.05) is 23.1 Å². The number of fused-ring (bicyclic) bond motifs is 1. The maximum atomic E-state index is 14.4. The molecule has 7 rings (SSSR count). The molecule has 3 fully saturated rings. The zero-order chi connectivity index (χ0) is 43.5.